The normalized spacial score (nSPS) is 20.8. The minimum atomic E-state index is -0.00419. The van der Waals surface area contributed by atoms with Gasteiger partial charge in [-0.25, -0.2) is 0 Å². The lowest BCUT2D eigenvalue weighted by Gasteiger charge is -2.27. The van der Waals surface area contributed by atoms with Crippen LogP contribution < -0.4 is 4.90 Å². The van der Waals surface area contributed by atoms with E-state index in [1.807, 2.05) is 0 Å². The maximum Gasteiger partial charge on any atom is 0.107 e. The first-order valence-electron chi connectivity index (χ1n) is 7.11. The Morgan fingerprint density at radius 1 is 0.900 bits per heavy atom. The van der Waals surface area contributed by atoms with Crippen LogP contribution in [-0.2, 0) is 4.74 Å². The van der Waals surface area contributed by atoms with Crippen molar-refractivity contribution in [3.05, 3.63) is 59.7 Å². The summed E-state index contributed by atoms with van der Waals surface area (Å²) in [6.45, 7) is 8.14. The molecule has 0 aromatic heterocycles. The number of hydrogen-bond donors (Lipinski definition) is 0. The molecule has 2 heteroatoms. The van der Waals surface area contributed by atoms with Crippen molar-refractivity contribution in [2.24, 2.45) is 0 Å². The molecule has 0 aliphatic carbocycles. The van der Waals surface area contributed by atoms with Crippen molar-refractivity contribution >= 4 is 11.4 Å². The van der Waals surface area contributed by atoms with E-state index in [4.69, 9.17) is 4.74 Å². The monoisotopic (exact) mass is 267 g/mol. The van der Waals surface area contributed by atoms with Gasteiger partial charge in [-0.15, -0.1) is 0 Å². The number of ether oxygens (including phenoxy) is 1. The molecule has 1 aliphatic heterocycles. The first-order chi connectivity index (χ1) is 9.56. The third kappa shape index (κ3) is 2.86. The number of benzene rings is 2. The minimum Gasteiger partial charge on any atom is -0.368 e. The number of nitrogens with zero attached hydrogens (tertiary/aromatic N) is 1. The Morgan fingerprint density at radius 3 is 1.65 bits per heavy atom. The maximum absolute atomic E-state index is 5.58. The molecule has 1 aliphatic rings. The van der Waals surface area contributed by atoms with Crippen molar-refractivity contribution in [1.82, 2.24) is 0 Å². The molecule has 20 heavy (non-hydrogen) atoms. The van der Waals surface area contributed by atoms with E-state index in [2.05, 4.69) is 74.2 Å². The zero-order chi connectivity index (χ0) is 14.2. The third-order valence-electron chi connectivity index (χ3n) is 3.82. The van der Waals surface area contributed by atoms with Gasteiger partial charge in [-0.1, -0.05) is 35.4 Å². The van der Waals surface area contributed by atoms with Crippen LogP contribution in [0, 0.1) is 13.8 Å². The van der Waals surface area contributed by atoms with Gasteiger partial charge in [0.15, 0.2) is 0 Å². The largest absolute Gasteiger partial charge is 0.368 e. The van der Waals surface area contributed by atoms with Crippen molar-refractivity contribution in [3.8, 4) is 0 Å². The lowest BCUT2D eigenvalue weighted by atomic mass is 10.1. The van der Waals surface area contributed by atoms with Crippen LogP contribution in [0.5, 0.6) is 0 Å². The molecule has 1 fully saturated rings. The molecule has 0 bridgehead atoms. The van der Waals surface area contributed by atoms with Crippen molar-refractivity contribution in [2.75, 3.05) is 18.1 Å². The third-order valence-corrected chi connectivity index (χ3v) is 3.82. The van der Waals surface area contributed by atoms with E-state index in [0.29, 0.717) is 0 Å². The van der Waals surface area contributed by atoms with Gasteiger partial charge in [0.2, 0.25) is 0 Å². The fourth-order valence-electron chi connectivity index (χ4n) is 2.33. The molecule has 2 aromatic rings. The van der Waals surface area contributed by atoms with Gasteiger partial charge in [-0.05, 0) is 45.0 Å². The Balaban J connectivity index is 1.94. The van der Waals surface area contributed by atoms with E-state index in [1.165, 1.54) is 22.5 Å². The van der Waals surface area contributed by atoms with Crippen molar-refractivity contribution in [1.29, 1.82) is 0 Å². The maximum atomic E-state index is 5.58. The van der Waals surface area contributed by atoms with Crippen LogP contribution in [0.1, 0.15) is 18.1 Å². The summed E-state index contributed by atoms with van der Waals surface area (Å²) in [7, 11) is 0. The van der Waals surface area contributed by atoms with Gasteiger partial charge < -0.3 is 9.64 Å². The van der Waals surface area contributed by atoms with Crippen LogP contribution in [0.25, 0.3) is 0 Å². The van der Waals surface area contributed by atoms with Gasteiger partial charge in [0.1, 0.15) is 5.60 Å². The Bertz CT molecular complexity index is 536. The second-order valence-electron chi connectivity index (χ2n) is 6.00. The Hall–Kier alpha value is -1.80. The molecular weight excluding hydrogens is 246 g/mol. The Kier molecular flexibility index (Phi) is 3.27. The summed E-state index contributed by atoms with van der Waals surface area (Å²) in [4.78, 5) is 2.34. The summed E-state index contributed by atoms with van der Waals surface area (Å²) in [6.07, 6.45) is 0. The molecule has 0 N–H and O–H groups in total. The molecule has 1 atom stereocenters. The fourth-order valence-corrected chi connectivity index (χ4v) is 2.33. The average molecular weight is 267 g/mol. The lowest BCUT2D eigenvalue weighted by Crippen LogP contribution is -2.29. The van der Waals surface area contributed by atoms with E-state index < -0.39 is 0 Å². The van der Waals surface area contributed by atoms with Gasteiger partial charge in [-0.3, -0.25) is 0 Å². The number of aryl methyl sites for hydroxylation is 2. The summed E-state index contributed by atoms with van der Waals surface area (Å²) >= 11 is 0. The van der Waals surface area contributed by atoms with Crippen LogP contribution in [0.4, 0.5) is 11.4 Å². The van der Waals surface area contributed by atoms with E-state index in [-0.39, 0.29) is 5.60 Å². The first-order valence-corrected chi connectivity index (χ1v) is 7.11. The first kappa shape index (κ1) is 13.2. The quantitative estimate of drug-likeness (QED) is 0.770. The molecule has 1 saturated heterocycles. The molecule has 0 radical (unpaired) electrons. The average Bonchev–Trinajstić information content (AvgIpc) is 3.17. The van der Waals surface area contributed by atoms with Crippen LogP contribution in [0.15, 0.2) is 48.5 Å². The van der Waals surface area contributed by atoms with E-state index in [1.54, 1.807) is 0 Å². The molecule has 1 unspecified atom stereocenters. The number of rotatable bonds is 4. The van der Waals surface area contributed by atoms with E-state index >= 15 is 0 Å². The minimum absolute atomic E-state index is 0.00419. The number of hydrogen-bond acceptors (Lipinski definition) is 2. The van der Waals surface area contributed by atoms with Crippen LogP contribution in [0.2, 0.25) is 0 Å². The van der Waals surface area contributed by atoms with Crippen LogP contribution in [-0.4, -0.2) is 18.8 Å². The van der Waals surface area contributed by atoms with Gasteiger partial charge in [0.25, 0.3) is 0 Å². The molecule has 3 rings (SSSR count). The highest BCUT2D eigenvalue weighted by Gasteiger charge is 2.41. The van der Waals surface area contributed by atoms with Crippen molar-refractivity contribution in [2.45, 2.75) is 26.4 Å². The van der Waals surface area contributed by atoms with Gasteiger partial charge >= 0.3 is 0 Å². The SMILES string of the molecule is Cc1ccc(N(CC2(C)CO2)c2ccc(C)cc2)cc1. The summed E-state index contributed by atoms with van der Waals surface area (Å²) in [5.41, 5.74) is 5.00. The molecule has 104 valence electrons. The molecule has 0 amide bonds. The second-order valence-corrected chi connectivity index (χ2v) is 6.00. The zero-order valence-corrected chi connectivity index (χ0v) is 12.4. The molecule has 0 saturated carbocycles. The smallest absolute Gasteiger partial charge is 0.107 e. The van der Waals surface area contributed by atoms with Crippen LogP contribution in [0.3, 0.4) is 0 Å². The number of anilines is 2. The summed E-state index contributed by atoms with van der Waals surface area (Å²) in [6, 6.07) is 17.4. The van der Waals surface area contributed by atoms with Crippen molar-refractivity contribution < 1.29 is 4.74 Å². The zero-order valence-electron chi connectivity index (χ0n) is 12.4. The summed E-state index contributed by atoms with van der Waals surface area (Å²) in [5, 5.41) is 0. The standard InChI is InChI=1S/C18H21NO/c1-14-4-8-16(9-5-14)19(12-18(3)13-20-18)17-10-6-15(2)7-11-17/h4-11H,12-13H2,1-3H3. The van der Waals surface area contributed by atoms with Crippen LogP contribution >= 0.6 is 0 Å². The molecular formula is C18H21NO. The van der Waals surface area contributed by atoms with E-state index in [9.17, 15) is 0 Å². The van der Waals surface area contributed by atoms with Gasteiger partial charge in [-0.2, -0.15) is 0 Å². The molecule has 2 aromatic carbocycles. The van der Waals surface area contributed by atoms with Crippen molar-refractivity contribution in [3.63, 3.8) is 0 Å². The Labute approximate surface area is 121 Å². The molecule has 0 spiro atoms. The number of epoxide rings is 1. The highest BCUT2D eigenvalue weighted by molar-refractivity contribution is 5.64. The predicted octanol–water partition coefficient (Wildman–Crippen LogP) is 4.23. The highest BCUT2D eigenvalue weighted by Crippen LogP contribution is 2.34. The molecule has 1 heterocycles. The van der Waals surface area contributed by atoms with Gasteiger partial charge in [0.05, 0.1) is 13.2 Å². The lowest BCUT2D eigenvalue weighted by molar-refractivity contribution is 0.329. The summed E-state index contributed by atoms with van der Waals surface area (Å²) < 4.78 is 5.58. The molecule has 2 nitrogen and oxygen atoms in total. The Morgan fingerprint density at radius 2 is 1.30 bits per heavy atom. The van der Waals surface area contributed by atoms with Gasteiger partial charge in [0, 0.05) is 11.4 Å². The predicted molar refractivity (Wildman–Crippen MR) is 83.7 cm³/mol. The summed E-state index contributed by atoms with van der Waals surface area (Å²) in [5.74, 6) is 0. The topological polar surface area (TPSA) is 15.8 Å². The fraction of sp³-hybridized carbons (Fsp3) is 0.333. The second kappa shape index (κ2) is 4.95. The highest BCUT2D eigenvalue weighted by atomic mass is 16.6. The van der Waals surface area contributed by atoms with E-state index in [0.717, 1.165) is 13.2 Å².